The van der Waals surface area contributed by atoms with Crippen LogP contribution in [0.25, 0.3) is 11.3 Å². The number of anilines is 1. The first-order valence-electron chi connectivity index (χ1n) is 9.76. The number of pyridine rings is 1. The Hall–Kier alpha value is -3.16. The number of aliphatic carboxylic acids is 1. The lowest BCUT2D eigenvalue weighted by atomic mass is 10.1. The van der Waals surface area contributed by atoms with E-state index >= 15 is 0 Å². The predicted molar refractivity (Wildman–Crippen MR) is 118 cm³/mol. The summed E-state index contributed by atoms with van der Waals surface area (Å²) in [6.07, 6.45) is 0.767. The van der Waals surface area contributed by atoms with Gasteiger partial charge in [0.2, 0.25) is 5.91 Å². The lowest BCUT2D eigenvalue weighted by Crippen LogP contribution is -2.49. The Balaban J connectivity index is 1.93. The van der Waals surface area contributed by atoms with Gasteiger partial charge in [0.05, 0.1) is 22.6 Å². The Morgan fingerprint density at radius 3 is 2.31 bits per heavy atom. The van der Waals surface area contributed by atoms with Crippen molar-refractivity contribution in [1.29, 1.82) is 5.26 Å². The van der Waals surface area contributed by atoms with Crippen LogP contribution < -0.4 is 4.90 Å². The Labute approximate surface area is 190 Å². The average Bonchev–Trinajstić information content (AvgIpc) is 2.76. The molecule has 3 rings (SSSR count). The van der Waals surface area contributed by atoms with Gasteiger partial charge in [-0.15, -0.1) is 0 Å². The zero-order chi connectivity index (χ0) is 23.5. The maximum absolute atomic E-state index is 12.4. The monoisotopic (exact) mass is 476 g/mol. The maximum atomic E-state index is 12.4. The van der Waals surface area contributed by atoms with E-state index < -0.39 is 15.8 Å². The molecule has 2 aromatic rings. The van der Waals surface area contributed by atoms with Gasteiger partial charge in [0, 0.05) is 49.4 Å². The molecule has 32 heavy (non-hydrogen) atoms. The topological polar surface area (TPSA) is 132 Å². The van der Waals surface area contributed by atoms with Gasteiger partial charge in [0.25, 0.3) is 0 Å². The van der Waals surface area contributed by atoms with E-state index in [4.69, 9.17) is 16.7 Å². The van der Waals surface area contributed by atoms with Crippen molar-refractivity contribution in [1.82, 2.24) is 9.88 Å². The number of sulfone groups is 1. The van der Waals surface area contributed by atoms with E-state index in [9.17, 15) is 23.3 Å². The van der Waals surface area contributed by atoms with Gasteiger partial charge >= 0.3 is 5.97 Å². The number of piperazine rings is 1. The number of hydrogen-bond donors (Lipinski definition) is 1. The van der Waals surface area contributed by atoms with E-state index in [2.05, 4.69) is 4.98 Å². The van der Waals surface area contributed by atoms with E-state index in [1.54, 1.807) is 29.2 Å². The van der Waals surface area contributed by atoms with E-state index in [1.165, 1.54) is 6.07 Å². The molecule has 2 heterocycles. The molecular formula is C21H21ClN4O5S. The van der Waals surface area contributed by atoms with E-state index in [0.29, 0.717) is 42.6 Å². The van der Waals surface area contributed by atoms with Gasteiger partial charge in [-0.2, -0.15) is 5.26 Å². The van der Waals surface area contributed by atoms with Crippen molar-refractivity contribution in [3.8, 4) is 17.3 Å². The molecule has 9 nitrogen and oxygen atoms in total. The Morgan fingerprint density at radius 1 is 1.16 bits per heavy atom. The predicted octanol–water partition coefficient (Wildman–Crippen LogP) is 2.19. The number of rotatable bonds is 6. The summed E-state index contributed by atoms with van der Waals surface area (Å²) in [4.78, 5) is 30.8. The lowest BCUT2D eigenvalue weighted by Gasteiger charge is -2.36. The number of hydrogen-bond acceptors (Lipinski definition) is 7. The van der Waals surface area contributed by atoms with Gasteiger partial charge in [-0.25, -0.2) is 13.4 Å². The first-order chi connectivity index (χ1) is 15.1. The second kappa shape index (κ2) is 9.54. The fourth-order valence-electron chi connectivity index (χ4n) is 3.45. The number of nitrogens with zero attached hydrogens (tertiary/aromatic N) is 4. The summed E-state index contributed by atoms with van der Waals surface area (Å²) in [7, 11) is -3.67. The third kappa shape index (κ3) is 5.36. The van der Waals surface area contributed by atoms with Crippen LogP contribution in [0.2, 0.25) is 5.02 Å². The first kappa shape index (κ1) is 23.5. The van der Waals surface area contributed by atoms with Crippen molar-refractivity contribution < 1.29 is 23.1 Å². The smallest absolute Gasteiger partial charge is 0.303 e. The van der Waals surface area contributed by atoms with Crippen LogP contribution in [0.5, 0.6) is 0 Å². The van der Waals surface area contributed by atoms with Gasteiger partial charge in [-0.1, -0.05) is 23.7 Å². The Morgan fingerprint density at radius 2 is 1.78 bits per heavy atom. The van der Waals surface area contributed by atoms with Crippen LogP contribution in [-0.4, -0.2) is 67.7 Å². The zero-order valence-electron chi connectivity index (χ0n) is 17.3. The summed E-state index contributed by atoms with van der Waals surface area (Å²) in [5.41, 5.74) is 0.884. The van der Waals surface area contributed by atoms with Crippen LogP contribution >= 0.6 is 11.6 Å². The molecule has 0 aliphatic carbocycles. The van der Waals surface area contributed by atoms with Crippen molar-refractivity contribution in [2.75, 3.05) is 37.3 Å². The third-order valence-electron chi connectivity index (χ3n) is 5.09. The number of carboxylic acids is 1. The normalized spacial score (nSPS) is 14.2. The Bertz CT molecular complexity index is 1180. The summed E-state index contributed by atoms with van der Waals surface area (Å²) >= 11 is 5.95. The SMILES string of the molecule is CS(=O)(=O)c1cc(C#N)c(N2CCN(C(=O)CCC(=O)O)CC2)nc1-c1ccc(Cl)cc1. The minimum atomic E-state index is -3.67. The number of nitriles is 1. The van der Waals surface area contributed by atoms with Crippen LogP contribution in [0.4, 0.5) is 5.82 Å². The number of carboxylic acid groups (broad SMARTS) is 1. The van der Waals surface area contributed by atoms with Crippen LogP contribution in [-0.2, 0) is 19.4 Å². The Kier molecular flexibility index (Phi) is 7.01. The molecule has 1 aromatic heterocycles. The largest absolute Gasteiger partial charge is 0.481 e. The van der Waals surface area contributed by atoms with Crippen LogP contribution in [0, 0.1) is 11.3 Å². The fourth-order valence-corrected chi connectivity index (χ4v) is 4.42. The van der Waals surface area contributed by atoms with Gasteiger partial charge in [0.1, 0.15) is 11.9 Å². The highest BCUT2D eigenvalue weighted by Crippen LogP contribution is 2.32. The number of aromatic nitrogens is 1. The highest BCUT2D eigenvalue weighted by atomic mass is 35.5. The van der Waals surface area contributed by atoms with E-state index in [-0.39, 0.29) is 34.9 Å². The van der Waals surface area contributed by atoms with Crippen LogP contribution in [0.3, 0.4) is 0 Å². The van der Waals surface area contributed by atoms with Crippen LogP contribution in [0.1, 0.15) is 18.4 Å². The highest BCUT2D eigenvalue weighted by molar-refractivity contribution is 7.90. The molecule has 0 spiro atoms. The van der Waals surface area contributed by atoms with Crippen LogP contribution in [0.15, 0.2) is 35.2 Å². The number of amides is 1. The second-order valence-electron chi connectivity index (χ2n) is 7.36. The summed E-state index contributed by atoms with van der Waals surface area (Å²) < 4.78 is 24.8. The third-order valence-corrected chi connectivity index (χ3v) is 6.45. The van der Waals surface area contributed by atoms with Crippen molar-refractivity contribution in [2.24, 2.45) is 0 Å². The minimum Gasteiger partial charge on any atom is -0.481 e. The van der Waals surface area contributed by atoms with Gasteiger partial charge in [-0.05, 0) is 18.2 Å². The standard InChI is InChI=1S/C21H21ClN4O5S/c1-32(30,31)17-12-15(13-23)21(24-20(17)14-2-4-16(22)5-3-14)26-10-8-25(9-11-26)18(27)6-7-19(28)29/h2-5,12H,6-11H2,1H3,(H,28,29). The molecule has 0 saturated carbocycles. The number of benzene rings is 1. The summed E-state index contributed by atoms with van der Waals surface area (Å²) in [6.45, 7) is 1.43. The number of carbonyl (C=O) groups excluding carboxylic acids is 1. The molecule has 1 aliphatic heterocycles. The second-order valence-corrected chi connectivity index (χ2v) is 9.78. The molecule has 1 fully saturated rings. The summed E-state index contributed by atoms with van der Waals surface area (Å²) in [5, 5.41) is 18.9. The summed E-state index contributed by atoms with van der Waals surface area (Å²) in [6, 6.07) is 9.93. The number of carbonyl (C=O) groups is 2. The average molecular weight is 477 g/mol. The molecule has 1 aromatic carbocycles. The molecule has 1 saturated heterocycles. The molecular weight excluding hydrogens is 456 g/mol. The molecule has 0 unspecified atom stereocenters. The van der Waals surface area contributed by atoms with Gasteiger partial charge in [-0.3, -0.25) is 9.59 Å². The molecule has 0 atom stereocenters. The quantitative estimate of drug-likeness (QED) is 0.671. The van der Waals surface area contributed by atoms with Gasteiger partial charge < -0.3 is 14.9 Å². The van der Waals surface area contributed by atoms with Crippen molar-refractivity contribution >= 4 is 39.1 Å². The summed E-state index contributed by atoms with van der Waals surface area (Å²) in [5.74, 6) is -0.933. The molecule has 0 radical (unpaired) electrons. The zero-order valence-corrected chi connectivity index (χ0v) is 18.9. The molecule has 168 valence electrons. The molecule has 1 N–H and O–H groups in total. The molecule has 1 amide bonds. The highest BCUT2D eigenvalue weighted by Gasteiger charge is 2.27. The van der Waals surface area contributed by atoms with E-state index in [1.807, 2.05) is 11.0 Å². The lowest BCUT2D eigenvalue weighted by molar-refractivity contribution is -0.141. The van der Waals surface area contributed by atoms with Crippen molar-refractivity contribution in [3.63, 3.8) is 0 Å². The van der Waals surface area contributed by atoms with Gasteiger partial charge in [0.15, 0.2) is 9.84 Å². The van der Waals surface area contributed by atoms with E-state index in [0.717, 1.165) is 6.26 Å². The molecule has 11 heteroatoms. The minimum absolute atomic E-state index is 0.0531. The fraction of sp³-hybridized carbons (Fsp3) is 0.333. The maximum Gasteiger partial charge on any atom is 0.303 e. The van der Waals surface area contributed by atoms with Crippen molar-refractivity contribution in [2.45, 2.75) is 17.7 Å². The number of halogens is 1. The molecule has 1 aliphatic rings. The van der Waals surface area contributed by atoms with Crippen molar-refractivity contribution in [3.05, 3.63) is 40.9 Å². The first-order valence-corrected chi connectivity index (χ1v) is 12.0. The molecule has 0 bridgehead atoms.